The van der Waals surface area contributed by atoms with Crippen molar-refractivity contribution >= 4 is 15.9 Å². The van der Waals surface area contributed by atoms with E-state index >= 15 is 0 Å². The molecule has 0 aliphatic carbocycles. The second kappa shape index (κ2) is 5.38. The van der Waals surface area contributed by atoms with Crippen LogP contribution in [0, 0.1) is 0 Å². The number of rotatable bonds is 3. The molecule has 0 aromatic heterocycles. The Morgan fingerprint density at radius 2 is 2.16 bits per heavy atom. The lowest BCUT2D eigenvalue weighted by Gasteiger charge is -2.37. The Labute approximate surface area is 115 Å². The Bertz CT molecular complexity index is 443. The number of amides is 1. The van der Waals surface area contributed by atoms with Crippen LogP contribution < -0.4 is 10.0 Å². The molecule has 2 atom stereocenters. The van der Waals surface area contributed by atoms with Crippen LogP contribution in [0.2, 0.25) is 0 Å². The number of piperidine rings is 1. The third-order valence-electron chi connectivity index (χ3n) is 3.93. The molecule has 0 aromatic rings. The minimum Gasteiger partial charge on any atom is -0.340 e. The van der Waals surface area contributed by atoms with Gasteiger partial charge in [-0.3, -0.25) is 4.79 Å². The Hall–Kier alpha value is -0.660. The van der Waals surface area contributed by atoms with Crippen molar-refractivity contribution in [2.75, 3.05) is 25.9 Å². The number of nitrogens with one attached hydrogen (secondary N) is 2. The molecule has 2 aliphatic heterocycles. The Kier molecular flexibility index (Phi) is 4.17. The van der Waals surface area contributed by atoms with Gasteiger partial charge in [0.05, 0.1) is 11.8 Å². The topological polar surface area (TPSA) is 78.5 Å². The van der Waals surface area contributed by atoms with Gasteiger partial charge in [0.1, 0.15) is 0 Å². The molecule has 0 saturated carbocycles. The normalized spacial score (nSPS) is 32.5. The van der Waals surface area contributed by atoms with Gasteiger partial charge in [0.25, 0.3) is 0 Å². The van der Waals surface area contributed by atoms with Gasteiger partial charge in [0.2, 0.25) is 15.9 Å². The molecular formula is C12H23N3O3S. The van der Waals surface area contributed by atoms with Crippen LogP contribution in [0.4, 0.5) is 0 Å². The second-order valence-corrected chi connectivity index (χ2v) is 7.62. The minimum atomic E-state index is -3.21. The van der Waals surface area contributed by atoms with Crippen LogP contribution in [0.25, 0.3) is 0 Å². The molecule has 1 amide bonds. The zero-order valence-electron chi connectivity index (χ0n) is 11.6. The number of nitrogens with zero attached hydrogens (tertiary/aromatic N) is 1. The maximum atomic E-state index is 12.5. The van der Waals surface area contributed by atoms with E-state index in [1.807, 2.05) is 6.92 Å². The van der Waals surface area contributed by atoms with Crippen LogP contribution in [0.15, 0.2) is 0 Å². The van der Waals surface area contributed by atoms with E-state index in [0.717, 1.165) is 45.0 Å². The maximum absolute atomic E-state index is 12.5. The molecule has 6 nitrogen and oxygen atoms in total. The monoisotopic (exact) mass is 289 g/mol. The van der Waals surface area contributed by atoms with Crippen molar-refractivity contribution in [2.45, 2.75) is 44.2 Å². The molecule has 0 radical (unpaired) electrons. The van der Waals surface area contributed by atoms with Gasteiger partial charge in [-0.1, -0.05) is 0 Å². The predicted molar refractivity (Wildman–Crippen MR) is 73.2 cm³/mol. The van der Waals surface area contributed by atoms with Gasteiger partial charge >= 0.3 is 0 Å². The fraction of sp³-hybridized carbons (Fsp3) is 0.917. The molecule has 7 heteroatoms. The van der Waals surface area contributed by atoms with E-state index in [1.165, 1.54) is 0 Å². The van der Waals surface area contributed by atoms with Gasteiger partial charge in [0, 0.05) is 19.1 Å². The fourth-order valence-corrected chi connectivity index (χ4v) is 3.78. The van der Waals surface area contributed by atoms with Gasteiger partial charge in [-0.25, -0.2) is 13.1 Å². The number of sulfonamides is 1. The van der Waals surface area contributed by atoms with Crippen molar-refractivity contribution in [3.63, 3.8) is 0 Å². The third kappa shape index (κ3) is 3.67. The summed E-state index contributed by atoms with van der Waals surface area (Å²) in [5, 5.41) is 3.26. The molecule has 0 aromatic carbocycles. The molecule has 2 heterocycles. The van der Waals surface area contributed by atoms with E-state index in [9.17, 15) is 13.2 Å². The van der Waals surface area contributed by atoms with Crippen molar-refractivity contribution in [2.24, 2.45) is 0 Å². The molecule has 0 spiro atoms. The Balaban J connectivity index is 1.99. The van der Waals surface area contributed by atoms with Crippen molar-refractivity contribution in [1.82, 2.24) is 14.9 Å². The third-order valence-corrected chi connectivity index (χ3v) is 4.69. The average molecular weight is 289 g/mol. The number of carbonyl (C=O) groups excluding carboxylic acids is 1. The summed E-state index contributed by atoms with van der Waals surface area (Å²) in [6, 6.07) is -0.155. The molecule has 2 aliphatic rings. The zero-order chi connectivity index (χ0) is 14.1. The van der Waals surface area contributed by atoms with E-state index in [2.05, 4.69) is 10.0 Å². The van der Waals surface area contributed by atoms with Gasteiger partial charge in [-0.05, 0) is 39.2 Å². The first-order valence-electron chi connectivity index (χ1n) is 6.82. The minimum absolute atomic E-state index is 0.102. The summed E-state index contributed by atoms with van der Waals surface area (Å²) < 4.78 is 25.1. The van der Waals surface area contributed by atoms with Gasteiger partial charge in [-0.2, -0.15) is 0 Å². The van der Waals surface area contributed by atoms with Crippen LogP contribution >= 0.6 is 0 Å². The molecule has 2 saturated heterocycles. The molecular weight excluding hydrogens is 266 g/mol. The summed E-state index contributed by atoms with van der Waals surface area (Å²) in [4.78, 5) is 14.3. The van der Waals surface area contributed by atoms with Crippen molar-refractivity contribution < 1.29 is 13.2 Å². The molecule has 0 bridgehead atoms. The quantitative estimate of drug-likeness (QED) is 0.745. The van der Waals surface area contributed by atoms with Gasteiger partial charge in [0.15, 0.2) is 0 Å². The average Bonchev–Trinajstić information content (AvgIpc) is 2.74. The highest BCUT2D eigenvalue weighted by molar-refractivity contribution is 7.88. The first-order chi connectivity index (χ1) is 8.80. The zero-order valence-corrected chi connectivity index (χ0v) is 12.4. The lowest BCUT2D eigenvalue weighted by Crippen LogP contribution is -2.57. The van der Waals surface area contributed by atoms with E-state index < -0.39 is 15.6 Å². The Morgan fingerprint density at radius 1 is 1.42 bits per heavy atom. The standard InChI is InChI=1S/C12H23N3O3S/c1-12(6-4-7-13-12)11(16)15-8-3-5-10(9-15)14-19(2,17)18/h10,13-14H,3-9H2,1-2H3. The van der Waals surface area contributed by atoms with E-state index in [4.69, 9.17) is 0 Å². The first-order valence-corrected chi connectivity index (χ1v) is 8.71. The molecule has 110 valence electrons. The van der Waals surface area contributed by atoms with E-state index in [1.54, 1.807) is 4.90 Å². The van der Waals surface area contributed by atoms with Crippen molar-refractivity contribution in [1.29, 1.82) is 0 Å². The largest absolute Gasteiger partial charge is 0.340 e. The van der Waals surface area contributed by atoms with E-state index in [0.29, 0.717) is 6.54 Å². The molecule has 19 heavy (non-hydrogen) atoms. The number of carbonyl (C=O) groups is 1. The van der Waals surface area contributed by atoms with Crippen molar-refractivity contribution in [3.8, 4) is 0 Å². The molecule has 2 fully saturated rings. The summed E-state index contributed by atoms with van der Waals surface area (Å²) in [6.07, 6.45) is 4.66. The highest BCUT2D eigenvalue weighted by Gasteiger charge is 2.40. The van der Waals surface area contributed by atoms with Crippen LogP contribution in [-0.4, -0.2) is 56.7 Å². The lowest BCUT2D eigenvalue weighted by molar-refractivity contribution is -0.138. The summed E-state index contributed by atoms with van der Waals surface area (Å²) in [7, 11) is -3.21. The van der Waals surface area contributed by atoms with Gasteiger partial charge in [-0.15, -0.1) is 0 Å². The van der Waals surface area contributed by atoms with E-state index in [-0.39, 0.29) is 11.9 Å². The van der Waals surface area contributed by atoms with Crippen LogP contribution in [0.1, 0.15) is 32.6 Å². The van der Waals surface area contributed by atoms with Crippen LogP contribution in [0.3, 0.4) is 0 Å². The first kappa shape index (κ1) is 14.7. The summed E-state index contributed by atoms with van der Waals surface area (Å²) in [5.41, 5.74) is -0.465. The smallest absolute Gasteiger partial charge is 0.242 e. The number of hydrogen-bond acceptors (Lipinski definition) is 4. The molecule has 2 N–H and O–H groups in total. The summed E-state index contributed by atoms with van der Waals surface area (Å²) >= 11 is 0. The van der Waals surface area contributed by atoms with Gasteiger partial charge < -0.3 is 10.2 Å². The highest BCUT2D eigenvalue weighted by atomic mass is 32.2. The SMILES string of the molecule is CC1(C(=O)N2CCCC(NS(C)(=O)=O)C2)CCCN1. The molecule has 2 unspecified atom stereocenters. The number of hydrogen-bond donors (Lipinski definition) is 2. The summed E-state index contributed by atoms with van der Waals surface area (Å²) in [5.74, 6) is 0.102. The Morgan fingerprint density at radius 3 is 2.74 bits per heavy atom. The molecule has 2 rings (SSSR count). The lowest BCUT2D eigenvalue weighted by atomic mass is 9.96. The van der Waals surface area contributed by atoms with Crippen LogP contribution in [0.5, 0.6) is 0 Å². The summed E-state index contributed by atoms with van der Waals surface area (Å²) in [6.45, 7) is 4.01. The highest BCUT2D eigenvalue weighted by Crippen LogP contribution is 2.23. The second-order valence-electron chi connectivity index (χ2n) is 5.84. The maximum Gasteiger partial charge on any atom is 0.242 e. The number of likely N-dealkylation sites (tertiary alicyclic amines) is 1. The predicted octanol–water partition coefficient (Wildman–Crippen LogP) is -0.331. The van der Waals surface area contributed by atoms with Crippen LogP contribution in [-0.2, 0) is 14.8 Å². The van der Waals surface area contributed by atoms with Crippen molar-refractivity contribution in [3.05, 3.63) is 0 Å². The fourth-order valence-electron chi connectivity index (χ4n) is 2.99.